The summed E-state index contributed by atoms with van der Waals surface area (Å²) in [5.74, 6) is -0.271. The highest BCUT2D eigenvalue weighted by atomic mass is 32.2. The van der Waals surface area contributed by atoms with Crippen molar-refractivity contribution in [1.82, 2.24) is 9.97 Å². The van der Waals surface area contributed by atoms with E-state index < -0.39 is 23.4 Å². The van der Waals surface area contributed by atoms with E-state index in [1.165, 1.54) is 35.1 Å². The molecule has 0 saturated carbocycles. The highest BCUT2D eigenvalue weighted by molar-refractivity contribution is 7.98. The smallest absolute Gasteiger partial charge is 0.343 e. The Morgan fingerprint density at radius 2 is 2.12 bits per heavy atom. The Bertz CT molecular complexity index is 1230. The summed E-state index contributed by atoms with van der Waals surface area (Å²) in [5.41, 5.74) is 1.90. The van der Waals surface area contributed by atoms with E-state index in [-0.39, 0.29) is 11.3 Å². The van der Waals surface area contributed by atoms with Crippen LogP contribution in [-0.2, 0) is 16.0 Å². The maximum Gasteiger partial charge on any atom is 0.343 e. The summed E-state index contributed by atoms with van der Waals surface area (Å²) in [6, 6.07) is 7.84. The number of ether oxygens (including phenoxy) is 1. The highest BCUT2D eigenvalue weighted by Crippen LogP contribution is 2.31. The van der Waals surface area contributed by atoms with Gasteiger partial charge in [-0.15, -0.1) is 11.8 Å². The van der Waals surface area contributed by atoms with Crippen LogP contribution in [0.25, 0.3) is 11.6 Å². The van der Waals surface area contributed by atoms with Crippen molar-refractivity contribution in [3.05, 3.63) is 63.5 Å². The van der Waals surface area contributed by atoms with Crippen molar-refractivity contribution in [2.24, 2.45) is 0 Å². The predicted octanol–water partition coefficient (Wildman–Crippen LogP) is 3.81. The van der Waals surface area contributed by atoms with E-state index in [1.807, 2.05) is 0 Å². The lowest BCUT2D eigenvalue weighted by molar-refractivity contribution is -0.384. The number of nitro groups is 1. The van der Waals surface area contributed by atoms with Gasteiger partial charge in [0.25, 0.3) is 11.6 Å². The molecule has 0 unspecified atom stereocenters. The first-order valence-electron chi connectivity index (χ1n) is 10.1. The molecule has 2 aromatic heterocycles. The molecule has 0 bridgehead atoms. The average Bonchev–Trinajstić information content (AvgIpc) is 3.36. The van der Waals surface area contributed by atoms with Gasteiger partial charge in [-0.2, -0.15) is 0 Å². The first-order chi connectivity index (χ1) is 15.9. The van der Waals surface area contributed by atoms with Gasteiger partial charge in [0.05, 0.1) is 16.9 Å². The number of hydrogen-bond donors (Lipinski definition) is 0. The number of aryl methyl sites for hydroxylation is 2. The third-order valence-corrected chi connectivity index (χ3v) is 5.90. The van der Waals surface area contributed by atoms with Crippen LogP contribution in [0.2, 0.25) is 0 Å². The van der Waals surface area contributed by atoms with Crippen molar-refractivity contribution in [2.45, 2.75) is 24.8 Å². The van der Waals surface area contributed by atoms with Crippen molar-refractivity contribution in [3.63, 3.8) is 0 Å². The van der Waals surface area contributed by atoms with Gasteiger partial charge in [0, 0.05) is 24.4 Å². The number of carbonyl (C=O) groups is 2. The van der Waals surface area contributed by atoms with Gasteiger partial charge >= 0.3 is 5.97 Å². The monoisotopic (exact) mass is 468 g/mol. The van der Waals surface area contributed by atoms with E-state index in [9.17, 15) is 19.7 Å². The summed E-state index contributed by atoms with van der Waals surface area (Å²) in [6.07, 6.45) is 4.58. The number of furan rings is 1. The van der Waals surface area contributed by atoms with Crippen molar-refractivity contribution < 1.29 is 23.7 Å². The fourth-order valence-electron chi connectivity index (χ4n) is 3.68. The summed E-state index contributed by atoms with van der Waals surface area (Å²) in [5, 5.41) is 11.5. The van der Waals surface area contributed by atoms with Gasteiger partial charge in [-0.05, 0) is 49.8 Å². The number of benzene rings is 1. The SMILES string of the molecule is CSc1nc(-c2ccco2)nc(C)c1C(=O)OCC(=O)N1CCCc2cc([N+](=O)[O-])ccc21. The number of carbonyl (C=O) groups excluding carboxylic acids is 2. The molecule has 10 nitrogen and oxygen atoms in total. The zero-order valence-corrected chi connectivity index (χ0v) is 18.8. The molecular formula is C22H20N4O6S. The fraction of sp³-hybridized carbons (Fsp3) is 0.273. The van der Waals surface area contributed by atoms with Crippen molar-refractivity contribution in [2.75, 3.05) is 24.3 Å². The van der Waals surface area contributed by atoms with Gasteiger partial charge in [0.15, 0.2) is 18.2 Å². The number of rotatable bonds is 6. The molecule has 1 aromatic carbocycles. The quantitative estimate of drug-likeness (QED) is 0.174. The number of anilines is 1. The van der Waals surface area contributed by atoms with E-state index in [1.54, 1.807) is 31.4 Å². The number of aromatic nitrogens is 2. The zero-order valence-electron chi connectivity index (χ0n) is 17.9. The van der Waals surface area contributed by atoms with E-state index >= 15 is 0 Å². The highest BCUT2D eigenvalue weighted by Gasteiger charge is 2.27. The average molecular weight is 468 g/mol. The van der Waals surface area contributed by atoms with Crippen LogP contribution in [0, 0.1) is 17.0 Å². The largest absolute Gasteiger partial charge is 0.461 e. The number of non-ortho nitro benzene ring substituents is 1. The van der Waals surface area contributed by atoms with Crippen LogP contribution in [0.5, 0.6) is 0 Å². The maximum atomic E-state index is 12.8. The van der Waals surface area contributed by atoms with Crippen LogP contribution < -0.4 is 4.90 Å². The van der Waals surface area contributed by atoms with Crippen LogP contribution in [0.15, 0.2) is 46.0 Å². The van der Waals surface area contributed by atoms with Gasteiger partial charge in [0.1, 0.15) is 10.6 Å². The van der Waals surface area contributed by atoms with Gasteiger partial charge < -0.3 is 14.1 Å². The van der Waals surface area contributed by atoms with Gasteiger partial charge in [-0.1, -0.05) is 0 Å². The predicted molar refractivity (Wildman–Crippen MR) is 120 cm³/mol. The van der Waals surface area contributed by atoms with E-state index in [4.69, 9.17) is 9.15 Å². The third-order valence-electron chi connectivity index (χ3n) is 5.22. The molecule has 33 heavy (non-hydrogen) atoms. The molecule has 0 fully saturated rings. The van der Waals surface area contributed by atoms with E-state index in [0.29, 0.717) is 47.4 Å². The molecule has 11 heteroatoms. The zero-order chi connectivity index (χ0) is 23.5. The Balaban J connectivity index is 1.50. The van der Waals surface area contributed by atoms with Crippen LogP contribution in [0.3, 0.4) is 0 Å². The van der Waals surface area contributed by atoms with Crippen LogP contribution in [0.4, 0.5) is 11.4 Å². The molecule has 3 aromatic rings. The fourth-order valence-corrected chi connectivity index (χ4v) is 4.29. The number of esters is 1. The van der Waals surface area contributed by atoms with Gasteiger partial charge in [0.2, 0.25) is 0 Å². The molecule has 0 N–H and O–H groups in total. The van der Waals surface area contributed by atoms with Crippen molar-refractivity contribution in [1.29, 1.82) is 0 Å². The standard InChI is InChI=1S/C22H20N4O6S/c1-13-19(21(33-2)24-20(23-13)17-6-4-10-31-17)22(28)32-12-18(27)25-9-3-5-14-11-15(26(29)30)7-8-16(14)25/h4,6-8,10-11H,3,5,9,12H2,1-2H3. The molecule has 0 radical (unpaired) electrons. The van der Waals surface area contributed by atoms with Crippen LogP contribution >= 0.6 is 11.8 Å². The number of fused-ring (bicyclic) bond motifs is 1. The lowest BCUT2D eigenvalue weighted by atomic mass is 10.0. The Kier molecular flexibility index (Phi) is 6.40. The van der Waals surface area contributed by atoms with Gasteiger partial charge in [-0.3, -0.25) is 14.9 Å². The number of nitrogens with zero attached hydrogens (tertiary/aromatic N) is 4. The number of nitro benzene ring substituents is 1. The Morgan fingerprint density at radius 3 is 2.82 bits per heavy atom. The summed E-state index contributed by atoms with van der Waals surface area (Å²) in [7, 11) is 0. The third kappa shape index (κ3) is 4.58. The topological polar surface area (TPSA) is 129 Å². The van der Waals surface area contributed by atoms with Crippen LogP contribution in [0.1, 0.15) is 28.0 Å². The molecule has 3 heterocycles. The lowest BCUT2D eigenvalue weighted by Gasteiger charge is -2.29. The Labute approximate surface area is 193 Å². The minimum absolute atomic E-state index is 0.0208. The molecule has 1 amide bonds. The second-order valence-electron chi connectivity index (χ2n) is 7.29. The van der Waals surface area contributed by atoms with Gasteiger partial charge in [-0.25, -0.2) is 14.8 Å². The summed E-state index contributed by atoms with van der Waals surface area (Å²) in [4.78, 5) is 46.4. The second-order valence-corrected chi connectivity index (χ2v) is 8.08. The molecular weight excluding hydrogens is 448 g/mol. The summed E-state index contributed by atoms with van der Waals surface area (Å²) < 4.78 is 10.7. The minimum atomic E-state index is -0.697. The summed E-state index contributed by atoms with van der Waals surface area (Å²) >= 11 is 1.26. The molecule has 0 spiro atoms. The molecule has 0 saturated heterocycles. The van der Waals surface area contributed by atoms with Crippen LogP contribution in [-0.4, -0.2) is 46.2 Å². The van der Waals surface area contributed by atoms with Crippen molar-refractivity contribution in [3.8, 4) is 11.6 Å². The first kappa shape index (κ1) is 22.5. The maximum absolute atomic E-state index is 12.8. The lowest BCUT2D eigenvalue weighted by Crippen LogP contribution is -2.38. The van der Waals surface area contributed by atoms with E-state index in [2.05, 4.69) is 9.97 Å². The molecule has 1 aliphatic heterocycles. The second kappa shape index (κ2) is 9.41. The summed E-state index contributed by atoms with van der Waals surface area (Å²) in [6.45, 7) is 1.64. The first-order valence-corrected chi connectivity index (χ1v) is 11.3. The minimum Gasteiger partial charge on any atom is -0.461 e. The number of thioether (sulfide) groups is 1. The normalized spacial score (nSPS) is 12.8. The molecule has 4 rings (SSSR count). The molecule has 0 aliphatic carbocycles. The molecule has 0 atom stereocenters. The van der Waals surface area contributed by atoms with E-state index in [0.717, 1.165) is 5.56 Å². The number of hydrogen-bond acceptors (Lipinski definition) is 9. The Hall–Kier alpha value is -3.73. The molecule has 170 valence electrons. The van der Waals surface area contributed by atoms with Crippen molar-refractivity contribution >= 4 is 35.0 Å². The number of amides is 1. The molecule has 1 aliphatic rings. The Morgan fingerprint density at radius 1 is 1.30 bits per heavy atom.